The number of nitrogens with zero attached hydrogens (tertiary/aromatic N) is 4. The summed E-state index contributed by atoms with van der Waals surface area (Å²) in [4.78, 5) is 31.7. The number of aromatic amines is 1. The number of aromatic nitrogens is 4. The molecule has 0 spiro atoms. The molecule has 0 aliphatic heterocycles. The molecule has 1 saturated carbocycles. The summed E-state index contributed by atoms with van der Waals surface area (Å²) in [6, 6.07) is 8.80. The smallest absolute Gasteiger partial charge is 0.256 e. The first-order valence-electron chi connectivity index (χ1n) is 9.67. The van der Waals surface area contributed by atoms with E-state index >= 15 is 0 Å². The van der Waals surface area contributed by atoms with Gasteiger partial charge in [-0.2, -0.15) is 9.78 Å². The molecule has 2 N–H and O–H groups in total. The van der Waals surface area contributed by atoms with Crippen molar-refractivity contribution in [1.29, 1.82) is 0 Å². The summed E-state index contributed by atoms with van der Waals surface area (Å²) in [5.74, 6) is 0.460. The molecule has 2 aromatic heterocycles. The summed E-state index contributed by atoms with van der Waals surface area (Å²) >= 11 is 0. The summed E-state index contributed by atoms with van der Waals surface area (Å²) < 4.78 is 26.9. The summed E-state index contributed by atoms with van der Waals surface area (Å²) in [6.45, 7) is 1.70. The molecule has 3 aromatic rings. The molecule has 0 unspecified atom stereocenters. The highest BCUT2D eigenvalue weighted by atomic mass is 32.2. The van der Waals surface area contributed by atoms with Crippen molar-refractivity contribution < 1.29 is 13.2 Å². The maximum absolute atomic E-state index is 12.8. The average molecular weight is 443 g/mol. The molecule has 1 fully saturated rings. The second-order valence-electron chi connectivity index (χ2n) is 7.62. The zero-order valence-electron chi connectivity index (χ0n) is 17.3. The van der Waals surface area contributed by atoms with Gasteiger partial charge in [-0.05, 0) is 44.0 Å². The van der Waals surface area contributed by atoms with Crippen LogP contribution >= 0.6 is 0 Å². The lowest BCUT2D eigenvalue weighted by molar-refractivity contribution is 0.102. The minimum Gasteiger partial charge on any atom is -0.306 e. The van der Waals surface area contributed by atoms with Crippen LogP contribution < -0.4 is 10.9 Å². The standard InChI is InChI=1S/C20H22N6O4S/c1-12-10-18(27)23-20(21-12)26-17(11-16(24-26)13-4-5-13)22-19(28)14-6-8-15(9-7-14)31(29,30)25(2)3/h6-11,13H,4-5H2,1-3H3,(H,22,28)(H,21,23,27). The van der Waals surface area contributed by atoms with Gasteiger partial charge in [0, 0.05) is 43.4 Å². The molecule has 1 aromatic carbocycles. The predicted molar refractivity (Wildman–Crippen MR) is 114 cm³/mol. The average Bonchev–Trinajstić information content (AvgIpc) is 3.48. The van der Waals surface area contributed by atoms with Crippen molar-refractivity contribution in [3.05, 3.63) is 63.7 Å². The molecule has 162 valence electrons. The van der Waals surface area contributed by atoms with Crippen LogP contribution in [0.2, 0.25) is 0 Å². The summed E-state index contributed by atoms with van der Waals surface area (Å²) in [5, 5.41) is 7.31. The Morgan fingerprint density at radius 1 is 1.19 bits per heavy atom. The van der Waals surface area contributed by atoms with Crippen molar-refractivity contribution in [2.45, 2.75) is 30.6 Å². The minimum absolute atomic E-state index is 0.0941. The van der Waals surface area contributed by atoms with E-state index in [1.807, 2.05) is 0 Å². The number of carbonyl (C=O) groups excluding carboxylic acids is 1. The van der Waals surface area contributed by atoms with Gasteiger partial charge >= 0.3 is 0 Å². The topological polar surface area (TPSA) is 130 Å². The van der Waals surface area contributed by atoms with E-state index in [1.165, 1.54) is 49.1 Å². The molecular weight excluding hydrogens is 420 g/mol. The number of carbonyl (C=O) groups is 1. The van der Waals surface area contributed by atoms with E-state index in [1.54, 1.807) is 13.0 Å². The van der Waals surface area contributed by atoms with Gasteiger partial charge in [0.25, 0.3) is 11.5 Å². The number of hydrogen-bond acceptors (Lipinski definition) is 6. The van der Waals surface area contributed by atoms with E-state index in [4.69, 9.17) is 0 Å². The van der Waals surface area contributed by atoms with Crippen LogP contribution in [0.3, 0.4) is 0 Å². The molecule has 0 saturated heterocycles. The number of hydrogen-bond donors (Lipinski definition) is 2. The lowest BCUT2D eigenvalue weighted by Gasteiger charge is -2.12. The van der Waals surface area contributed by atoms with E-state index in [-0.39, 0.29) is 22.0 Å². The second-order valence-corrected chi connectivity index (χ2v) is 9.77. The third-order valence-corrected chi connectivity index (χ3v) is 6.75. The Labute approximate surface area is 179 Å². The molecule has 4 rings (SSSR count). The monoisotopic (exact) mass is 442 g/mol. The normalized spacial score (nSPS) is 14.1. The molecule has 0 atom stereocenters. The van der Waals surface area contributed by atoms with Gasteiger partial charge in [0.2, 0.25) is 16.0 Å². The first-order valence-corrected chi connectivity index (χ1v) is 11.1. The maximum Gasteiger partial charge on any atom is 0.256 e. The van der Waals surface area contributed by atoms with Crippen LogP contribution in [-0.4, -0.2) is 52.5 Å². The number of amides is 1. The molecule has 0 bridgehead atoms. The van der Waals surface area contributed by atoms with Gasteiger partial charge in [0.05, 0.1) is 10.6 Å². The molecule has 1 amide bonds. The van der Waals surface area contributed by atoms with Gasteiger partial charge in [0.1, 0.15) is 5.82 Å². The fourth-order valence-electron chi connectivity index (χ4n) is 3.07. The van der Waals surface area contributed by atoms with Gasteiger partial charge in [-0.1, -0.05) is 0 Å². The number of H-pyrrole nitrogens is 1. The summed E-state index contributed by atoms with van der Waals surface area (Å²) in [7, 11) is -0.698. The number of rotatable bonds is 6. The van der Waals surface area contributed by atoms with E-state index in [2.05, 4.69) is 20.4 Å². The van der Waals surface area contributed by atoms with Crippen LogP contribution in [0.1, 0.15) is 40.5 Å². The van der Waals surface area contributed by atoms with Gasteiger partial charge < -0.3 is 5.32 Å². The van der Waals surface area contributed by atoms with Crippen molar-refractivity contribution in [3.63, 3.8) is 0 Å². The van der Waals surface area contributed by atoms with Crippen molar-refractivity contribution >= 4 is 21.7 Å². The molecule has 1 aliphatic rings. The van der Waals surface area contributed by atoms with Crippen LogP contribution in [0.15, 0.2) is 46.1 Å². The number of benzene rings is 1. The third kappa shape index (κ3) is 4.28. The van der Waals surface area contributed by atoms with E-state index in [0.29, 0.717) is 17.4 Å². The molecular formula is C20H22N6O4S. The van der Waals surface area contributed by atoms with E-state index in [0.717, 1.165) is 22.8 Å². The minimum atomic E-state index is -3.58. The highest BCUT2D eigenvalue weighted by Crippen LogP contribution is 2.40. The van der Waals surface area contributed by atoms with Crippen LogP contribution in [0.25, 0.3) is 5.95 Å². The first kappa shape index (κ1) is 20.9. The molecule has 31 heavy (non-hydrogen) atoms. The highest BCUT2D eigenvalue weighted by Gasteiger charge is 2.28. The Morgan fingerprint density at radius 2 is 1.87 bits per heavy atom. The Morgan fingerprint density at radius 3 is 2.45 bits per heavy atom. The van der Waals surface area contributed by atoms with Crippen molar-refractivity contribution in [2.75, 3.05) is 19.4 Å². The van der Waals surface area contributed by atoms with Gasteiger partial charge in [-0.15, -0.1) is 0 Å². The molecule has 2 heterocycles. The number of aryl methyl sites for hydroxylation is 1. The largest absolute Gasteiger partial charge is 0.306 e. The predicted octanol–water partition coefficient (Wildman–Crippen LogP) is 1.64. The quantitative estimate of drug-likeness (QED) is 0.597. The number of sulfonamides is 1. The Bertz CT molecular complexity index is 1300. The van der Waals surface area contributed by atoms with Crippen LogP contribution in [-0.2, 0) is 10.0 Å². The number of nitrogens with one attached hydrogen (secondary N) is 2. The lowest BCUT2D eigenvalue weighted by Crippen LogP contribution is -2.22. The third-order valence-electron chi connectivity index (χ3n) is 4.92. The zero-order valence-corrected chi connectivity index (χ0v) is 18.1. The van der Waals surface area contributed by atoms with Crippen LogP contribution in [0, 0.1) is 6.92 Å². The molecule has 0 radical (unpaired) electrons. The fourth-order valence-corrected chi connectivity index (χ4v) is 3.97. The Kier molecular flexibility index (Phi) is 5.23. The van der Waals surface area contributed by atoms with Crippen molar-refractivity contribution in [1.82, 2.24) is 24.1 Å². The Balaban J connectivity index is 1.64. The van der Waals surface area contributed by atoms with E-state index in [9.17, 15) is 18.0 Å². The van der Waals surface area contributed by atoms with E-state index < -0.39 is 15.9 Å². The van der Waals surface area contributed by atoms with Crippen LogP contribution in [0.5, 0.6) is 0 Å². The van der Waals surface area contributed by atoms with Gasteiger partial charge in [-0.25, -0.2) is 17.7 Å². The van der Waals surface area contributed by atoms with Gasteiger partial charge in [0.15, 0.2) is 0 Å². The SMILES string of the molecule is Cc1cc(=O)[nH]c(-n2nc(C3CC3)cc2NC(=O)c2ccc(S(=O)(=O)N(C)C)cc2)n1. The van der Waals surface area contributed by atoms with Crippen molar-refractivity contribution in [3.8, 4) is 5.95 Å². The molecule has 1 aliphatic carbocycles. The summed E-state index contributed by atoms with van der Waals surface area (Å²) in [5.41, 5.74) is 1.30. The maximum atomic E-state index is 12.8. The fraction of sp³-hybridized carbons (Fsp3) is 0.300. The molecule has 11 heteroatoms. The van der Waals surface area contributed by atoms with Crippen LogP contribution in [0.4, 0.5) is 5.82 Å². The molecule has 10 nitrogen and oxygen atoms in total. The highest BCUT2D eigenvalue weighted by molar-refractivity contribution is 7.89. The van der Waals surface area contributed by atoms with Gasteiger partial charge in [-0.3, -0.25) is 14.6 Å². The number of anilines is 1. The van der Waals surface area contributed by atoms with Crippen molar-refractivity contribution in [2.24, 2.45) is 0 Å². The Hall–Kier alpha value is -3.31. The second kappa shape index (κ2) is 7.75. The zero-order chi connectivity index (χ0) is 22.3. The lowest BCUT2D eigenvalue weighted by atomic mass is 10.2. The summed E-state index contributed by atoms with van der Waals surface area (Å²) in [6.07, 6.45) is 2.04. The first-order chi connectivity index (χ1) is 14.6.